The molecule has 0 radical (unpaired) electrons. The zero-order valence-corrected chi connectivity index (χ0v) is 12.9. The van der Waals surface area contributed by atoms with Gasteiger partial charge in [0.05, 0.1) is 6.54 Å². The molecule has 114 valence electrons. The van der Waals surface area contributed by atoms with E-state index in [0.29, 0.717) is 0 Å². The maximum atomic E-state index is 4.99. The molecule has 1 aliphatic carbocycles. The van der Waals surface area contributed by atoms with Gasteiger partial charge in [0, 0.05) is 23.5 Å². The molecule has 1 aromatic carbocycles. The molecule has 1 spiro atoms. The maximum absolute atomic E-state index is 4.99. The Morgan fingerprint density at radius 1 is 1.05 bits per heavy atom. The summed E-state index contributed by atoms with van der Waals surface area (Å²) in [6.45, 7) is 0.760. The first kappa shape index (κ1) is 13.6. The molecule has 0 unspecified atom stereocenters. The van der Waals surface area contributed by atoms with Gasteiger partial charge in [0.2, 0.25) is 0 Å². The van der Waals surface area contributed by atoms with Crippen molar-refractivity contribution in [3.05, 3.63) is 53.9 Å². The van der Waals surface area contributed by atoms with Crippen molar-refractivity contribution in [1.29, 1.82) is 0 Å². The zero-order valence-electron chi connectivity index (χ0n) is 12.9. The summed E-state index contributed by atoms with van der Waals surface area (Å²) in [4.78, 5) is 8.10. The second kappa shape index (κ2) is 5.64. The molecular weight excluding hydrogens is 270 g/mol. The van der Waals surface area contributed by atoms with Gasteiger partial charge in [0.15, 0.2) is 0 Å². The maximum Gasteiger partial charge on any atom is 0.108 e. The monoisotopic (exact) mass is 293 g/mol. The largest absolute Gasteiger partial charge is 0.367 e. The number of benzene rings is 1. The highest BCUT2D eigenvalue weighted by molar-refractivity contribution is 6.02. The van der Waals surface area contributed by atoms with Crippen LogP contribution < -0.4 is 5.32 Å². The van der Waals surface area contributed by atoms with Gasteiger partial charge in [-0.2, -0.15) is 0 Å². The molecule has 0 bridgehead atoms. The number of rotatable bonds is 2. The molecule has 1 aromatic heterocycles. The van der Waals surface area contributed by atoms with E-state index in [0.717, 1.165) is 13.0 Å². The number of anilines is 1. The van der Waals surface area contributed by atoms with Crippen LogP contribution in [0.15, 0.2) is 47.7 Å². The van der Waals surface area contributed by atoms with Crippen LogP contribution in [-0.4, -0.2) is 10.8 Å². The average Bonchev–Trinajstić information content (AvgIpc) is 3.07. The molecule has 1 saturated carbocycles. The van der Waals surface area contributed by atoms with Gasteiger partial charge in [-0.3, -0.25) is 4.99 Å². The highest BCUT2D eigenvalue weighted by Crippen LogP contribution is 2.44. The minimum Gasteiger partial charge on any atom is -0.367 e. The van der Waals surface area contributed by atoms with Crippen LogP contribution in [0.5, 0.6) is 0 Å². The third kappa shape index (κ3) is 2.45. The van der Waals surface area contributed by atoms with Crippen molar-refractivity contribution in [2.24, 2.45) is 10.4 Å². The van der Waals surface area contributed by atoms with Crippen LogP contribution in [0.2, 0.25) is 0 Å². The van der Waals surface area contributed by atoms with Crippen LogP contribution in [0, 0.1) is 5.41 Å². The summed E-state index contributed by atoms with van der Waals surface area (Å²) in [5.41, 5.74) is 4.18. The van der Waals surface area contributed by atoms with E-state index in [1.54, 1.807) is 0 Å². The smallest absolute Gasteiger partial charge is 0.108 e. The summed E-state index contributed by atoms with van der Waals surface area (Å²) < 4.78 is 0. The highest BCUT2D eigenvalue weighted by Gasteiger charge is 2.40. The fourth-order valence-electron chi connectivity index (χ4n) is 3.98. The summed E-state index contributed by atoms with van der Waals surface area (Å²) in [5.74, 6) is 1.21. The van der Waals surface area contributed by atoms with E-state index in [2.05, 4.69) is 40.6 Å². The molecule has 22 heavy (non-hydrogen) atoms. The molecular formula is C19H23N3. The first-order chi connectivity index (χ1) is 10.9. The van der Waals surface area contributed by atoms with Crippen molar-refractivity contribution < 1.29 is 0 Å². The Kier molecular flexibility index (Phi) is 3.49. The standard InChI is InChI=1S/C19H23N3/c1-4-9-19(10-5-1)12-16-6-2-3-7-17(16)22-18(19)21-14-15-8-11-20-13-15/h2-3,6-8,11,13,20H,1,4-5,9-10,12,14H2,(H,21,22). The van der Waals surface area contributed by atoms with Gasteiger partial charge in [0.1, 0.15) is 5.84 Å². The number of hydrogen-bond donors (Lipinski definition) is 2. The van der Waals surface area contributed by atoms with Crippen LogP contribution in [-0.2, 0) is 13.0 Å². The lowest BCUT2D eigenvalue weighted by Gasteiger charge is -2.42. The minimum absolute atomic E-state index is 0.239. The highest BCUT2D eigenvalue weighted by atomic mass is 15.0. The number of para-hydroxylation sites is 1. The van der Waals surface area contributed by atoms with E-state index in [9.17, 15) is 0 Å². The van der Waals surface area contributed by atoms with E-state index >= 15 is 0 Å². The quantitative estimate of drug-likeness (QED) is 0.839. The van der Waals surface area contributed by atoms with Gasteiger partial charge in [-0.15, -0.1) is 0 Å². The predicted molar refractivity (Wildman–Crippen MR) is 91.2 cm³/mol. The zero-order chi connectivity index (χ0) is 14.8. The molecule has 4 rings (SSSR count). The lowest BCUT2D eigenvalue weighted by molar-refractivity contribution is 0.278. The Bertz CT molecular complexity index is 664. The van der Waals surface area contributed by atoms with E-state index < -0.39 is 0 Å². The van der Waals surface area contributed by atoms with Crippen LogP contribution in [0.3, 0.4) is 0 Å². The lowest BCUT2D eigenvalue weighted by atomic mass is 9.67. The van der Waals surface area contributed by atoms with Crippen molar-refractivity contribution >= 4 is 11.5 Å². The van der Waals surface area contributed by atoms with Gasteiger partial charge >= 0.3 is 0 Å². The molecule has 3 heteroatoms. The van der Waals surface area contributed by atoms with Crippen molar-refractivity contribution in [2.45, 2.75) is 45.1 Å². The Morgan fingerprint density at radius 3 is 2.73 bits per heavy atom. The number of aromatic nitrogens is 1. The fourth-order valence-corrected chi connectivity index (χ4v) is 3.98. The van der Waals surface area contributed by atoms with E-state index in [4.69, 9.17) is 4.99 Å². The Morgan fingerprint density at radius 2 is 1.91 bits per heavy atom. The number of amidine groups is 1. The number of aromatic amines is 1. The van der Waals surface area contributed by atoms with Crippen molar-refractivity contribution in [2.75, 3.05) is 5.32 Å². The van der Waals surface area contributed by atoms with E-state index in [-0.39, 0.29) is 5.41 Å². The normalized spacial score (nSPS) is 21.5. The van der Waals surface area contributed by atoms with E-state index in [1.165, 1.54) is 54.8 Å². The summed E-state index contributed by atoms with van der Waals surface area (Å²) in [6, 6.07) is 10.8. The minimum atomic E-state index is 0.239. The first-order valence-electron chi connectivity index (χ1n) is 8.37. The summed E-state index contributed by atoms with van der Waals surface area (Å²) in [6.07, 6.45) is 11.7. The van der Waals surface area contributed by atoms with Crippen LogP contribution in [0.25, 0.3) is 0 Å². The molecule has 1 aliphatic heterocycles. The molecule has 3 nitrogen and oxygen atoms in total. The van der Waals surface area contributed by atoms with Gasteiger partial charge in [-0.05, 0) is 42.5 Å². The number of H-pyrrole nitrogens is 1. The van der Waals surface area contributed by atoms with Crippen LogP contribution >= 0.6 is 0 Å². The number of fused-ring (bicyclic) bond motifs is 1. The first-order valence-corrected chi connectivity index (χ1v) is 8.37. The fraction of sp³-hybridized carbons (Fsp3) is 0.421. The molecule has 1 fully saturated rings. The van der Waals surface area contributed by atoms with Crippen molar-refractivity contribution in [3.8, 4) is 0 Å². The molecule has 0 atom stereocenters. The van der Waals surface area contributed by atoms with Gasteiger partial charge in [-0.1, -0.05) is 37.5 Å². The Labute approximate surface area is 131 Å². The molecule has 2 aliphatic rings. The third-order valence-corrected chi connectivity index (χ3v) is 5.19. The average molecular weight is 293 g/mol. The van der Waals surface area contributed by atoms with Crippen LogP contribution in [0.4, 0.5) is 5.69 Å². The second-order valence-corrected chi connectivity index (χ2v) is 6.68. The third-order valence-electron chi connectivity index (χ3n) is 5.19. The van der Waals surface area contributed by atoms with Crippen molar-refractivity contribution in [3.63, 3.8) is 0 Å². The SMILES string of the molecule is c1ccc2c(c1)CC1(CCCCC1)C(=NCc1cc[nH]c1)N2. The predicted octanol–water partition coefficient (Wildman–Crippen LogP) is 4.53. The Hall–Kier alpha value is -2.03. The topological polar surface area (TPSA) is 40.2 Å². The van der Waals surface area contributed by atoms with Gasteiger partial charge in [-0.25, -0.2) is 0 Å². The molecule has 2 N–H and O–H groups in total. The molecule has 0 amide bonds. The lowest BCUT2D eigenvalue weighted by Crippen LogP contribution is -2.43. The molecule has 2 aromatic rings. The number of nitrogens with one attached hydrogen (secondary N) is 2. The second-order valence-electron chi connectivity index (χ2n) is 6.68. The number of nitrogens with zero attached hydrogens (tertiary/aromatic N) is 1. The van der Waals surface area contributed by atoms with Crippen LogP contribution in [0.1, 0.15) is 43.2 Å². The molecule has 0 saturated heterocycles. The van der Waals surface area contributed by atoms with Gasteiger partial charge < -0.3 is 10.3 Å². The van der Waals surface area contributed by atoms with Gasteiger partial charge in [0.25, 0.3) is 0 Å². The number of hydrogen-bond acceptors (Lipinski definition) is 1. The molecule has 2 heterocycles. The summed E-state index contributed by atoms with van der Waals surface area (Å²) in [5, 5.41) is 3.66. The number of aliphatic imine (C=N–C) groups is 1. The summed E-state index contributed by atoms with van der Waals surface area (Å²) >= 11 is 0. The summed E-state index contributed by atoms with van der Waals surface area (Å²) in [7, 11) is 0. The van der Waals surface area contributed by atoms with Crippen molar-refractivity contribution in [1.82, 2.24) is 4.98 Å². The Balaban J connectivity index is 1.68. The van der Waals surface area contributed by atoms with E-state index in [1.807, 2.05) is 12.4 Å².